The Bertz CT molecular complexity index is 2670. The van der Waals surface area contributed by atoms with Crippen LogP contribution in [0.3, 0.4) is 0 Å². The summed E-state index contributed by atoms with van der Waals surface area (Å²) in [5.74, 6) is 0. The number of aromatic nitrogens is 1. The van der Waals surface area contributed by atoms with Gasteiger partial charge in [0.25, 0.3) is 0 Å². The highest BCUT2D eigenvalue weighted by molar-refractivity contribution is 6.27. The third kappa shape index (κ3) is 3.18. The van der Waals surface area contributed by atoms with E-state index in [1.807, 2.05) is 12.1 Å². The van der Waals surface area contributed by atoms with Crippen molar-refractivity contribution in [2.24, 2.45) is 0 Å². The lowest BCUT2D eigenvalue weighted by molar-refractivity contribution is 0.664. The van der Waals surface area contributed by atoms with Gasteiger partial charge in [-0.3, -0.25) is 0 Å². The second kappa shape index (κ2) is 8.74. The number of benzene rings is 7. The van der Waals surface area contributed by atoms with E-state index in [1.54, 1.807) is 0 Å². The van der Waals surface area contributed by atoms with Crippen molar-refractivity contribution < 1.29 is 4.42 Å². The minimum absolute atomic E-state index is 0.156. The van der Waals surface area contributed by atoms with E-state index in [0.29, 0.717) is 0 Å². The molecule has 7 aromatic carbocycles. The van der Waals surface area contributed by atoms with Gasteiger partial charge < -0.3 is 8.98 Å². The highest BCUT2D eigenvalue weighted by atomic mass is 16.3. The predicted octanol–water partition coefficient (Wildman–Crippen LogP) is 11.8. The van der Waals surface area contributed by atoms with Crippen LogP contribution in [-0.2, 0) is 5.41 Å². The van der Waals surface area contributed by atoms with Gasteiger partial charge >= 0.3 is 0 Å². The Kier molecular flexibility index (Phi) is 4.82. The van der Waals surface area contributed by atoms with Crippen molar-refractivity contribution in [1.29, 1.82) is 0 Å². The van der Waals surface area contributed by atoms with Crippen LogP contribution in [0.5, 0.6) is 0 Å². The van der Waals surface area contributed by atoms with Gasteiger partial charge in [0.2, 0.25) is 0 Å². The average molecular weight is 576 g/mol. The number of furan rings is 1. The van der Waals surface area contributed by atoms with Crippen LogP contribution in [0.25, 0.3) is 82.5 Å². The average Bonchev–Trinajstić information content (AvgIpc) is 3.71. The molecule has 0 spiro atoms. The monoisotopic (exact) mass is 575 g/mol. The third-order valence-electron chi connectivity index (χ3n) is 10.2. The smallest absolute Gasteiger partial charge is 0.143 e. The Hall–Kier alpha value is -5.60. The second-order valence-electron chi connectivity index (χ2n) is 12.9. The van der Waals surface area contributed by atoms with E-state index >= 15 is 0 Å². The maximum atomic E-state index is 6.40. The first kappa shape index (κ1) is 24.8. The zero-order chi connectivity index (χ0) is 29.9. The van der Waals surface area contributed by atoms with E-state index in [9.17, 15) is 0 Å². The molecule has 0 N–H and O–H groups in total. The Balaban J connectivity index is 1.28. The predicted molar refractivity (Wildman–Crippen MR) is 189 cm³/mol. The van der Waals surface area contributed by atoms with Crippen molar-refractivity contribution in [3.8, 4) is 27.9 Å². The van der Waals surface area contributed by atoms with Crippen LogP contribution in [-0.4, -0.2) is 4.57 Å². The summed E-state index contributed by atoms with van der Waals surface area (Å²) in [7, 11) is 0. The summed E-state index contributed by atoms with van der Waals surface area (Å²) >= 11 is 0. The van der Waals surface area contributed by atoms with Crippen LogP contribution < -0.4 is 0 Å². The molecule has 2 heterocycles. The molecule has 0 fully saturated rings. The van der Waals surface area contributed by atoms with Gasteiger partial charge in [0.05, 0.1) is 11.0 Å². The van der Waals surface area contributed by atoms with Crippen LogP contribution in [0.4, 0.5) is 0 Å². The second-order valence-corrected chi connectivity index (χ2v) is 12.9. The normalized spacial score (nSPS) is 13.7. The Morgan fingerprint density at radius 1 is 0.533 bits per heavy atom. The number of nitrogens with zero attached hydrogens (tertiary/aromatic N) is 1. The standard InChI is InChI=1S/C43H29NO/c1-43(2)35-19-8-5-15-33(35)38-30-13-3-4-14-31(30)39-34-16-6-9-20-36(34)44(41(39)40(38)43)27-24-22-26(23-25-27)28-17-11-18-32-29-12-7-10-21-37(29)45-42(28)32/h3-25H,1-2H3. The molecule has 1 aliphatic rings. The summed E-state index contributed by atoms with van der Waals surface area (Å²) in [6, 6.07) is 50.7. The highest BCUT2D eigenvalue weighted by Crippen LogP contribution is 2.56. The zero-order valence-electron chi connectivity index (χ0n) is 25.1. The van der Waals surface area contributed by atoms with Crippen LogP contribution in [0, 0.1) is 0 Å². The van der Waals surface area contributed by atoms with E-state index in [1.165, 1.54) is 54.8 Å². The van der Waals surface area contributed by atoms with Crippen molar-refractivity contribution in [1.82, 2.24) is 4.57 Å². The number of hydrogen-bond acceptors (Lipinski definition) is 1. The summed E-state index contributed by atoms with van der Waals surface area (Å²) in [5.41, 5.74) is 13.2. The van der Waals surface area contributed by atoms with E-state index in [-0.39, 0.29) is 5.41 Å². The van der Waals surface area contributed by atoms with Crippen molar-refractivity contribution in [2.75, 3.05) is 0 Å². The summed E-state index contributed by atoms with van der Waals surface area (Å²) in [6.07, 6.45) is 0. The van der Waals surface area contributed by atoms with Gasteiger partial charge in [0.1, 0.15) is 11.2 Å². The lowest BCUT2D eigenvalue weighted by atomic mass is 9.80. The first-order valence-corrected chi connectivity index (χ1v) is 15.7. The van der Waals surface area contributed by atoms with Gasteiger partial charge in [0.15, 0.2) is 0 Å². The fourth-order valence-electron chi connectivity index (χ4n) is 8.22. The van der Waals surface area contributed by atoms with Gasteiger partial charge in [0, 0.05) is 38.2 Å². The van der Waals surface area contributed by atoms with Crippen LogP contribution in [0.2, 0.25) is 0 Å². The quantitative estimate of drug-likeness (QED) is 0.200. The number of fused-ring (bicyclic) bond motifs is 13. The molecule has 1 aliphatic carbocycles. The van der Waals surface area contributed by atoms with Gasteiger partial charge in [-0.1, -0.05) is 129 Å². The minimum Gasteiger partial charge on any atom is -0.455 e. The molecule has 0 saturated carbocycles. The first-order valence-electron chi connectivity index (χ1n) is 15.7. The minimum atomic E-state index is -0.156. The maximum absolute atomic E-state index is 6.40. The van der Waals surface area contributed by atoms with E-state index in [0.717, 1.165) is 38.8 Å². The highest BCUT2D eigenvalue weighted by Gasteiger charge is 2.40. The molecule has 10 rings (SSSR count). The number of hydrogen-bond donors (Lipinski definition) is 0. The molecular weight excluding hydrogens is 546 g/mol. The molecule has 0 amide bonds. The summed E-state index contributed by atoms with van der Waals surface area (Å²) in [5, 5.41) is 7.56. The van der Waals surface area contributed by atoms with Crippen molar-refractivity contribution >= 4 is 54.5 Å². The number of rotatable bonds is 2. The molecule has 9 aromatic rings. The fourth-order valence-corrected chi connectivity index (χ4v) is 8.22. The van der Waals surface area contributed by atoms with E-state index < -0.39 is 0 Å². The molecule has 45 heavy (non-hydrogen) atoms. The molecule has 0 atom stereocenters. The molecule has 2 heteroatoms. The lowest BCUT2D eigenvalue weighted by Crippen LogP contribution is -2.16. The van der Waals surface area contributed by atoms with Crippen LogP contribution >= 0.6 is 0 Å². The largest absolute Gasteiger partial charge is 0.455 e. The molecule has 0 bridgehead atoms. The molecule has 0 unspecified atom stereocenters. The van der Waals surface area contributed by atoms with Gasteiger partial charge in [-0.05, 0) is 62.9 Å². The number of para-hydroxylation sites is 3. The lowest BCUT2D eigenvalue weighted by Gasteiger charge is -2.24. The Morgan fingerprint density at radius 2 is 1.18 bits per heavy atom. The molecule has 0 saturated heterocycles. The summed E-state index contributed by atoms with van der Waals surface area (Å²) < 4.78 is 8.90. The summed E-state index contributed by atoms with van der Waals surface area (Å²) in [4.78, 5) is 0. The van der Waals surface area contributed by atoms with Gasteiger partial charge in [-0.2, -0.15) is 0 Å². The van der Waals surface area contributed by atoms with Gasteiger partial charge in [-0.15, -0.1) is 0 Å². The molecule has 0 aliphatic heterocycles. The fraction of sp³-hybridized carbons (Fsp3) is 0.0698. The molecule has 212 valence electrons. The zero-order valence-corrected chi connectivity index (χ0v) is 25.1. The van der Waals surface area contributed by atoms with Crippen molar-refractivity contribution in [2.45, 2.75) is 19.3 Å². The Morgan fingerprint density at radius 3 is 2.02 bits per heavy atom. The van der Waals surface area contributed by atoms with Crippen molar-refractivity contribution in [3.63, 3.8) is 0 Å². The van der Waals surface area contributed by atoms with E-state index in [4.69, 9.17) is 4.42 Å². The SMILES string of the molecule is CC1(C)c2ccccc2-c2c1c1c(c3ccccc23)c2ccccc2n1-c1ccc(-c2cccc3c2oc2ccccc23)cc1. The van der Waals surface area contributed by atoms with Gasteiger partial charge in [-0.25, -0.2) is 0 Å². The topological polar surface area (TPSA) is 18.1 Å². The van der Waals surface area contributed by atoms with Crippen LogP contribution in [0.15, 0.2) is 144 Å². The molecule has 2 nitrogen and oxygen atoms in total. The molecular formula is C43H29NO. The first-order chi connectivity index (χ1) is 22.1. The third-order valence-corrected chi connectivity index (χ3v) is 10.2. The Labute approximate surface area is 260 Å². The van der Waals surface area contributed by atoms with Crippen molar-refractivity contribution in [3.05, 3.63) is 151 Å². The summed E-state index contributed by atoms with van der Waals surface area (Å²) in [6.45, 7) is 4.79. The molecule has 2 aromatic heterocycles. The maximum Gasteiger partial charge on any atom is 0.143 e. The molecule has 0 radical (unpaired) electrons. The van der Waals surface area contributed by atoms with Crippen LogP contribution in [0.1, 0.15) is 25.0 Å². The van der Waals surface area contributed by atoms with E-state index in [2.05, 4.69) is 146 Å².